The van der Waals surface area contributed by atoms with Gasteiger partial charge < -0.3 is 15.2 Å². The van der Waals surface area contributed by atoms with Crippen LogP contribution in [0.25, 0.3) is 11.1 Å². The van der Waals surface area contributed by atoms with Gasteiger partial charge in [0.25, 0.3) is 0 Å². The van der Waals surface area contributed by atoms with Gasteiger partial charge in [0, 0.05) is 23.9 Å². The molecule has 0 aliphatic rings. The largest absolute Gasteiger partial charge is 0.467 e. The Bertz CT molecular complexity index is 1330. The molecule has 0 fully saturated rings. The third-order valence-corrected chi connectivity index (χ3v) is 11.4. The molecule has 178 valence electrons. The Balaban J connectivity index is 1.93. The molecular formula is C32H29NO2Si. The van der Waals surface area contributed by atoms with Gasteiger partial charge in [-0.1, -0.05) is 127 Å². The molecule has 5 rings (SSSR count). The van der Waals surface area contributed by atoms with Crippen LogP contribution in [0.15, 0.2) is 133 Å². The van der Waals surface area contributed by atoms with Crippen molar-refractivity contribution in [2.75, 3.05) is 19.6 Å². The molecule has 3 nitrogen and oxygen atoms in total. The van der Waals surface area contributed by atoms with Crippen LogP contribution in [0.1, 0.15) is 0 Å². The Morgan fingerprint density at radius 1 is 0.556 bits per heavy atom. The molecule has 0 aromatic heterocycles. The second-order valence-corrected chi connectivity index (χ2v) is 12.4. The van der Waals surface area contributed by atoms with Crippen LogP contribution in [0.5, 0.6) is 5.75 Å². The number of nitrogens with two attached hydrogens (primary N) is 1. The van der Waals surface area contributed by atoms with E-state index in [4.69, 9.17) is 15.2 Å². The van der Waals surface area contributed by atoms with E-state index in [1.165, 1.54) is 15.6 Å². The first-order chi connectivity index (χ1) is 17.8. The summed E-state index contributed by atoms with van der Waals surface area (Å²) in [6.07, 6.45) is 0. The lowest BCUT2D eigenvalue weighted by molar-refractivity contribution is 0.0522. The molecule has 0 bridgehead atoms. The van der Waals surface area contributed by atoms with Crippen molar-refractivity contribution in [1.29, 1.82) is 0 Å². The maximum absolute atomic E-state index is 6.47. The summed E-state index contributed by atoms with van der Waals surface area (Å²) < 4.78 is 11.9. The van der Waals surface area contributed by atoms with Crippen LogP contribution in [0.4, 0.5) is 5.69 Å². The number of nitrogen functional groups attached to an aromatic ring is 1. The van der Waals surface area contributed by atoms with Gasteiger partial charge in [0.15, 0.2) is 14.9 Å². The quantitative estimate of drug-likeness (QED) is 0.154. The van der Waals surface area contributed by atoms with E-state index in [-0.39, 0.29) is 6.79 Å². The van der Waals surface area contributed by atoms with Crippen molar-refractivity contribution in [2.24, 2.45) is 0 Å². The van der Waals surface area contributed by atoms with Crippen molar-refractivity contribution in [3.63, 3.8) is 0 Å². The smallest absolute Gasteiger partial charge is 0.188 e. The van der Waals surface area contributed by atoms with E-state index in [9.17, 15) is 0 Å². The maximum atomic E-state index is 6.47. The number of hydrogen-bond acceptors (Lipinski definition) is 3. The fourth-order valence-corrected chi connectivity index (χ4v) is 10.00. The zero-order valence-corrected chi connectivity index (χ0v) is 21.3. The molecule has 0 saturated carbocycles. The van der Waals surface area contributed by atoms with Crippen molar-refractivity contribution in [2.45, 2.75) is 0 Å². The molecule has 5 aromatic carbocycles. The van der Waals surface area contributed by atoms with Crippen LogP contribution in [0.2, 0.25) is 0 Å². The van der Waals surface area contributed by atoms with E-state index in [1.807, 2.05) is 24.3 Å². The van der Waals surface area contributed by atoms with Gasteiger partial charge in [0.2, 0.25) is 0 Å². The molecule has 5 aromatic rings. The normalized spacial score (nSPS) is 11.2. The fraction of sp³-hybridized carbons (Fsp3) is 0.0625. The summed E-state index contributed by atoms with van der Waals surface area (Å²) in [7, 11) is -1.15. The summed E-state index contributed by atoms with van der Waals surface area (Å²) in [6.45, 7) is 0.138. The highest BCUT2D eigenvalue weighted by atomic mass is 28.3. The molecule has 0 aliphatic heterocycles. The summed E-state index contributed by atoms with van der Waals surface area (Å²) in [5.74, 6) is 0.806. The van der Waals surface area contributed by atoms with E-state index < -0.39 is 8.07 Å². The van der Waals surface area contributed by atoms with Gasteiger partial charge in [-0.15, -0.1) is 0 Å². The molecule has 4 heteroatoms. The Morgan fingerprint density at radius 2 is 1.03 bits per heavy atom. The third-order valence-electron chi connectivity index (χ3n) is 6.61. The molecule has 0 saturated heterocycles. The first kappa shape index (κ1) is 23.6. The van der Waals surface area contributed by atoms with E-state index >= 15 is 0 Å². The van der Waals surface area contributed by atoms with Crippen LogP contribution < -0.4 is 31.2 Å². The minimum absolute atomic E-state index is 0.138. The lowest BCUT2D eigenvalue weighted by Gasteiger charge is -2.36. The molecule has 0 aliphatic carbocycles. The zero-order chi connectivity index (χ0) is 24.8. The van der Waals surface area contributed by atoms with Crippen molar-refractivity contribution in [3.05, 3.63) is 133 Å². The van der Waals surface area contributed by atoms with Crippen molar-refractivity contribution in [3.8, 4) is 16.9 Å². The highest BCUT2D eigenvalue weighted by molar-refractivity contribution is 7.20. The number of para-hydroxylation sites is 2. The molecule has 0 heterocycles. The SMILES string of the molecule is COCOc1c(-c2ccccc2N)cccc1[Si](c1ccccc1)(c1ccccc1)c1ccccc1. The Morgan fingerprint density at radius 3 is 1.53 bits per heavy atom. The van der Waals surface area contributed by atoms with E-state index in [0.29, 0.717) is 5.69 Å². The number of anilines is 1. The first-order valence-electron chi connectivity index (χ1n) is 12.0. The summed E-state index contributed by atoms with van der Waals surface area (Å²) in [6, 6.07) is 46.8. The lowest BCUT2D eigenvalue weighted by Crippen LogP contribution is -2.75. The minimum Gasteiger partial charge on any atom is -0.467 e. The number of ether oxygens (including phenoxy) is 2. The molecule has 2 N–H and O–H groups in total. The van der Waals surface area contributed by atoms with Crippen molar-refractivity contribution >= 4 is 34.5 Å². The summed E-state index contributed by atoms with van der Waals surface area (Å²) in [4.78, 5) is 0. The van der Waals surface area contributed by atoms with Crippen molar-refractivity contribution in [1.82, 2.24) is 0 Å². The monoisotopic (exact) mass is 487 g/mol. The molecule has 0 spiro atoms. The van der Waals surface area contributed by atoms with Crippen LogP contribution in [-0.4, -0.2) is 22.0 Å². The van der Waals surface area contributed by atoms with E-state index in [0.717, 1.165) is 22.1 Å². The van der Waals surface area contributed by atoms with E-state index in [1.54, 1.807) is 7.11 Å². The number of hydrogen-bond donors (Lipinski definition) is 1. The number of benzene rings is 5. The molecule has 36 heavy (non-hydrogen) atoms. The second-order valence-electron chi connectivity index (χ2n) is 8.67. The summed E-state index contributed by atoms with van der Waals surface area (Å²) in [5.41, 5.74) is 9.09. The van der Waals surface area contributed by atoms with Crippen molar-refractivity contribution < 1.29 is 9.47 Å². The maximum Gasteiger partial charge on any atom is 0.188 e. The Labute approximate surface area is 213 Å². The lowest BCUT2D eigenvalue weighted by atomic mass is 10.0. The van der Waals surface area contributed by atoms with Gasteiger partial charge in [0.05, 0.1) is 0 Å². The van der Waals surface area contributed by atoms with Gasteiger partial charge in [0.1, 0.15) is 5.75 Å². The standard InChI is InChI=1S/C32H29NO2Si/c1-34-24-35-32-29(28-20-11-12-22-30(28)33)21-13-23-31(32)36(25-14-5-2-6-15-25,26-16-7-3-8-17-26)27-18-9-4-10-19-27/h2-23H,24,33H2,1H3. The van der Waals surface area contributed by atoms with Gasteiger partial charge in [-0.05, 0) is 26.8 Å². The Kier molecular flexibility index (Phi) is 6.98. The molecule has 0 unspecified atom stereocenters. The Hall–Kier alpha value is -4.12. The topological polar surface area (TPSA) is 44.5 Å². The van der Waals surface area contributed by atoms with Gasteiger partial charge in [-0.2, -0.15) is 0 Å². The average Bonchev–Trinajstić information content (AvgIpc) is 2.95. The van der Waals surface area contributed by atoms with E-state index in [2.05, 4.69) is 109 Å². The fourth-order valence-electron chi connectivity index (χ4n) is 5.09. The van der Waals surface area contributed by atoms with Crippen LogP contribution >= 0.6 is 0 Å². The van der Waals surface area contributed by atoms with Crippen LogP contribution in [0.3, 0.4) is 0 Å². The second kappa shape index (κ2) is 10.6. The number of rotatable bonds is 8. The van der Waals surface area contributed by atoms with Crippen LogP contribution in [-0.2, 0) is 4.74 Å². The third kappa shape index (κ3) is 4.22. The summed E-state index contributed by atoms with van der Waals surface area (Å²) in [5, 5.41) is 5.00. The molecule has 0 radical (unpaired) electrons. The average molecular weight is 488 g/mol. The van der Waals surface area contributed by atoms with Gasteiger partial charge in [-0.3, -0.25) is 0 Å². The molecule has 0 atom stereocenters. The molecular weight excluding hydrogens is 458 g/mol. The predicted octanol–water partition coefficient (Wildman–Crippen LogP) is 4.30. The molecule has 0 amide bonds. The zero-order valence-electron chi connectivity index (χ0n) is 20.3. The predicted molar refractivity (Wildman–Crippen MR) is 152 cm³/mol. The number of methoxy groups -OCH3 is 1. The van der Waals surface area contributed by atoms with Crippen LogP contribution in [0, 0.1) is 0 Å². The highest BCUT2D eigenvalue weighted by Crippen LogP contribution is 2.34. The minimum atomic E-state index is -2.80. The first-order valence-corrected chi connectivity index (χ1v) is 14.0. The summed E-state index contributed by atoms with van der Waals surface area (Å²) >= 11 is 0. The van der Waals surface area contributed by atoms with Gasteiger partial charge in [-0.25, -0.2) is 0 Å². The van der Waals surface area contributed by atoms with Gasteiger partial charge >= 0.3 is 0 Å². The highest BCUT2D eigenvalue weighted by Gasteiger charge is 2.44.